The predicted molar refractivity (Wildman–Crippen MR) is 100 cm³/mol. The average molecular weight is 399 g/mol. The standard InChI is InChI=1S/C21H21NO7/c1-12(2)10-16(22-18(23)14-6-4-5-7-15(14)19(22)24)20(25)29-11-13-8-9-28-17(13)21(26)27-3/h4-9,12,16H,10-11H2,1-3H3. The topological polar surface area (TPSA) is 103 Å². The Hall–Kier alpha value is -3.42. The van der Waals surface area contributed by atoms with E-state index < -0.39 is 29.8 Å². The number of benzene rings is 1. The summed E-state index contributed by atoms with van der Waals surface area (Å²) in [5.41, 5.74) is 0.861. The van der Waals surface area contributed by atoms with Gasteiger partial charge in [0.25, 0.3) is 11.8 Å². The second-order valence-corrected chi connectivity index (χ2v) is 7.05. The highest BCUT2D eigenvalue weighted by Gasteiger charge is 2.43. The molecule has 0 bridgehead atoms. The van der Waals surface area contributed by atoms with Gasteiger partial charge in [0.1, 0.15) is 12.6 Å². The Morgan fingerprint density at radius 3 is 2.24 bits per heavy atom. The second kappa shape index (κ2) is 8.30. The molecule has 2 amide bonds. The van der Waals surface area contributed by atoms with Crippen LogP contribution in [-0.4, -0.2) is 41.8 Å². The van der Waals surface area contributed by atoms with Crippen molar-refractivity contribution in [2.45, 2.75) is 32.9 Å². The molecule has 2 heterocycles. The Balaban J connectivity index is 1.80. The molecule has 0 saturated heterocycles. The summed E-state index contributed by atoms with van der Waals surface area (Å²) in [6.07, 6.45) is 1.53. The Morgan fingerprint density at radius 2 is 1.69 bits per heavy atom. The summed E-state index contributed by atoms with van der Waals surface area (Å²) < 4.78 is 15.0. The van der Waals surface area contributed by atoms with E-state index in [1.807, 2.05) is 13.8 Å². The molecule has 1 atom stereocenters. The van der Waals surface area contributed by atoms with E-state index in [0.717, 1.165) is 4.90 Å². The quantitative estimate of drug-likeness (QED) is 0.521. The Bertz CT molecular complexity index is 924. The first-order chi connectivity index (χ1) is 13.8. The lowest BCUT2D eigenvalue weighted by Crippen LogP contribution is -2.46. The summed E-state index contributed by atoms with van der Waals surface area (Å²) in [4.78, 5) is 51.0. The maximum atomic E-state index is 12.8. The van der Waals surface area contributed by atoms with Gasteiger partial charge in [-0.2, -0.15) is 0 Å². The van der Waals surface area contributed by atoms with Gasteiger partial charge >= 0.3 is 11.9 Å². The van der Waals surface area contributed by atoms with Crippen LogP contribution in [0.5, 0.6) is 0 Å². The third-order valence-corrected chi connectivity index (χ3v) is 4.59. The third-order valence-electron chi connectivity index (χ3n) is 4.59. The zero-order valence-electron chi connectivity index (χ0n) is 16.3. The summed E-state index contributed by atoms with van der Waals surface area (Å²) >= 11 is 0. The van der Waals surface area contributed by atoms with Gasteiger partial charge in [-0.1, -0.05) is 26.0 Å². The largest absolute Gasteiger partial charge is 0.463 e. The van der Waals surface area contributed by atoms with Gasteiger partial charge in [0.05, 0.1) is 24.5 Å². The van der Waals surface area contributed by atoms with Gasteiger partial charge in [-0.25, -0.2) is 9.59 Å². The van der Waals surface area contributed by atoms with E-state index >= 15 is 0 Å². The fourth-order valence-electron chi connectivity index (χ4n) is 3.21. The molecule has 0 radical (unpaired) electrons. The SMILES string of the molecule is COC(=O)c1occc1COC(=O)C(CC(C)C)N1C(=O)c2ccccc2C1=O. The highest BCUT2D eigenvalue weighted by Crippen LogP contribution is 2.27. The van der Waals surface area contributed by atoms with Crippen molar-refractivity contribution in [1.82, 2.24) is 4.90 Å². The Morgan fingerprint density at radius 1 is 1.07 bits per heavy atom. The van der Waals surface area contributed by atoms with E-state index in [2.05, 4.69) is 4.74 Å². The number of ether oxygens (including phenoxy) is 2. The monoisotopic (exact) mass is 399 g/mol. The zero-order valence-corrected chi connectivity index (χ0v) is 16.3. The zero-order chi connectivity index (χ0) is 21.1. The first-order valence-corrected chi connectivity index (χ1v) is 9.13. The number of nitrogens with zero attached hydrogens (tertiary/aromatic N) is 1. The summed E-state index contributed by atoms with van der Waals surface area (Å²) in [6.45, 7) is 3.51. The third kappa shape index (κ3) is 3.91. The van der Waals surface area contributed by atoms with Crippen LogP contribution in [0.2, 0.25) is 0 Å². The summed E-state index contributed by atoms with van der Waals surface area (Å²) in [5.74, 6) is -2.51. The lowest BCUT2D eigenvalue weighted by atomic mass is 10.0. The minimum absolute atomic E-state index is 0.0245. The molecule has 1 aromatic carbocycles. The minimum Gasteiger partial charge on any atom is -0.463 e. The molecule has 152 valence electrons. The molecular formula is C21H21NO7. The molecular weight excluding hydrogens is 378 g/mol. The molecule has 0 saturated carbocycles. The van der Waals surface area contributed by atoms with Gasteiger partial charge in [0.15, 0.2) is 0 Å². The van der Waals surface area contributed by atoms with Gasteiger partial charge in [0.2, 0.25) is 5.76 Å². The number of hydrogen-bond acceptors (Lipinski definition) is 7. The van der Waals surface area contributed by atoms with Crippen LogP contribution in [0.15, 0.2) is 41.0 Å². The summed E-state index contributed by atoms with van der Waals surface area (Å²) in [7, 11) is 1.21. The minimum atomic E-state index is -1.07. The van der Waals surface area contributed by atoms with Crippen LogP contribution in [0, 0.1) is 5.92 Å². The molecule has 0 N–H and O–H groups in total. The molecule has 2 aromatic rings. The van der Waals surface area contributed by atoms with Gasteiger partial charge in [-0.3, -0.25) is 14.5 Å². The van der Waals surface area contributed by atoms with Crippen molar-refractivity contribution in [2.75, 3.05) is 7.11 Å². The van der Waals surface area contributed by atoms with Crippen LogP contribution in [0.3, 0.4) is 0 Å². The van der Waals surface area contributed by atoms with E-state index in [1.165, 1.54) is 19.4 Å². The molecule has 1 aromatic heterocycles. The number of imide groups is 1. The van der Waals surface area contributed by atoms with Gasteiger partial charge < -0.3 is 13.9 Å². The van der Waals surface area contributed by atoms with Crippen LogP contribution in [0.1, 0.15) is 57.1 Å². The Labute approximate surface area is 167 Å². The van der Waals surface area contributed by atoms with Crippen molar-refractivity contribution in [3.63, 3.8) is 0 Å². The maximum absolute atomic E-state index is 12.8. The second-order valence-electron chi connectivity index (χ2n) is 7.05. The van der Waals surface area contributed by atoms with Crippen molar-refractivity contribution in [3.05, 3.63) is 59.0 Å². The fraction of sp³-hybridized carbons (Fsp3) is 0.333. The molecule has 1 unspecified atom stereocenters. The van der Waals surface area contributed by atoms with Crippen LogP contribution in [-0.2, 0) is 20.9 Å². The highest BCUT2D eigenvalue weighted by molar-refractivity contribution is 6.22. The van der Waals surface area contributed by atoms with Crippen LogP contribution < -0.4 is 0 Å². The van der Waals surface area contributed by atoms with Crippen molar-refractivity contribution < 1.29 is 33.1 Å². The maximum Gasteiger partial charge on any atom is 0.374 e. The van der Waals surface area contributed by atoms with Crippen molar-refractivity contribution >= 4 is 23.8 Å². The van der Waals surface area contributed by atoms with E-state index in [0.29, 0.717) is 5.56 Å². The molecule has 8 nitrogen and oxygen atoms in total. The van der Waals surface area contributed by atoms with Crippen LogP contribution in [0.4, 0.5) is 0 Å². The molecule has 3 rings (SSSR count). The number of rotatable bonds is 7. The summed E-state index contributed by atoms with van der Waals surface area (Å²) in [5, 5.41) is 0. The van der Waals surface area contributed by atoms with Crippen LogP contribution >= 0.6 is 0 Å². The van der Waals surface area contributed by atoms with Crippen molar-refractivity contribution in [1.29, 1.82) is 0 Å². The predicted octanol–water partition coefficient (Wildman–Crippen LogP) is 2.82. The van der Waals surface area contributed by atoms with E-state index in [9.17, 15) is 19.2 Å². The van der Waals surface area contributed by atoms with Gasteiger partial charge in [0, 0.05) is 5.56 Å². The van der Waals surface area contributed by atoms with E-state index in [-0.39, 0.29) is 35.8 Å². The number of carbonyl (C=O) groups is 4. The number of furan rings is 1. The Kier molecular flexibility index (Phi) is 5.81. The smallest absolute Gasteiger partial charge is 0.374 e. The first kappa shape index (κ1) is 20.3. The summed E-state index contributed by atoms with van der Waals surface area (Å²) in [6, 6.07) is 6.85. The number of amides is 2. The number of methoxy groups -OCH3 is 1. The lowest BCUT2D eigenvalue weighted by molar-refractivity contribution is -0.150. The molecule has 0 fully saturated rings. The van der Waals surface area contributed by atoms with Crippen molar-refractivity contribution in [2.24, 2.45) is 5.92 Å². The normalized spacial score (nSPS) is 14.1. The molecule has 1 aliphatic heterocycles. The number of hydrogen-bond donors (Lipinski definition) is 0. The lowest BCUT2D eigenvalue weighted by Gasteiger charge is -2.26. The molecule has 0 aliphatic carbocycles. The molecule has 29 heavy (non-hydrogen) atoms. The van der Waals surface area contributed by atoms with Gasteiger partial charge in [-0.05, 0) is 30.5 Å². The molecule has 1 aliphatic rings. The number of carbonyl (C=O) groups excluding carboxylic acids is 4. The first-order valence-electron chi connectivity index (χ1n) is 9.13. The number of esters is 2. The average Bonchev–Trinajstić information content (AvgIpc) is 3.27. The number of fused-ring (bicyclic) bond motifs is 1. The van der Waals surface area contributed by atoms with E-state index in [1.54, 1.807) is 24.3 Å². The van der Waals surface area contributed by atoms with E-state index in [4.69, 9.17) is 9.15 Å². The van der Waals surface area contributed by atoms with Gasteiger partial charge in [-0.15, -0.1) is 0 Å². The molecule has 8 heteroatoms. The van der Waals surface area contributed by atoms with Crippen LogP contribution in [0.25, 0.3) is 0 Å². The molecule has 0 spiro atoms. The fourth-order valence-corrected chi connectivity index (χ4v) is 3.21. The van der Waals surface area contributed by atoms with Crippen molar-refractivity contribution in [3.8, 4) is 0 Å². The highest BCUT2D eigenvalue weighted by atomic mass is 16.5.